The van der Waals surface area contributed by atoms with Gasteiger partial charge in [0.2, 0.25) is 0 Å². The van der Waals surface area contributed by atoms with Gasteiger partial charge in [-0.1, -0.05) is 11.6 Å². The summed E-state index contributed by atoms with van der Waals surface area (Å²) in [6.45, 7) is 2.86. The molecular weight excluding hydrogens is 214 g/mol. The van der Waals surface area contributed by atoms with Gasteiger partial charge in [0.05, 0.1) is 12.4 Å². The first-order valence-electron chi connectivity index (χ1n) is 4.97. The molecule has 2 rings (SSSR count). The van der Waals surface area contributed by atoms with Crippen LogP contribution in [0.5, 0.6) is 0 Å². The molecule has 0 bridgehead atoms. The number of aromatic nitrogens is 2. The Morgan fingerprint density at radius 2 is 2.33 bits per heavy atom. The Morgan fingerprint density at radius 1 is 1.53 bits per heavy atom. The van der Waals surface area contributed by atoms with Crippen LogP contribution in [0.15, 0.2) is 12.4 Å². The first kappa shape index (κ1) is 10.4. The van der Waals surface area contributed by atoms with E-state index in [-0.39, 0.29) is 5.91 Å². The fourth-order valence-electron chi connectivity index (χ4n) is 1.80. The van der Waals surface area contributed by atoms with Gasteiger partial charge in [-0.25, -0.2) is 9.97 Å². The van der Waals surface area contributed by atoms with E-state index in [1.54, 1.807) is 0 Å². The van der Waals surface area contributed by atoms with Crippen molar-refractivity contribution in [3.63, 3.8) is 0 Å². The number of amides is 1. The zero-order valence-electron chi connectivity index (χ0n) is 8.48. The smallest absolute Gasteiger partial charge is 0.274 e. The van der Waals surface area contributed by atoms with Crippen LogP contribution in [-0.2, 0) is 0 Å². The summed E-state index contributed by atoms with van der Waals surface area (Å²) >= 11 is 5.61. The zero-order valence-corrected chi connectivity index (χ0v) is 9.24. The lowest BCUT2D eigenvalue weighted by Gasteiger charge is -2.20. The quantitative estimate of drug-likeness (QED) is 0.732. The van der Waals surface area contributed by atoms with Crippen LogP contribution in [0.3, 0.4) is 0 Å². The van der Waals surface area contributed by atoms with Crippen LogP contribution in [-0.4, -0.2) is 33.4 Å². The standard InChI is InChI=1S/C10H12ClN3O/c1-7-3-2-4-14(7)10(15)8-5-13-9(11)6-12-8/h5-7H,2-4H2,1H3. The van der Waals surface area contributed by atoms with Gasteiger partial charge in [0.1, 0.15) is 10.8 Å². The minimum absolute atomic E-state index is 0.0517. The van der Waals surface area contributed by atoms with E-state index < -0.39 is 0 Å². The van der Waals surface area contributed by atoms with Gasteiger partial charge < -0.3 is 4.90 Å². The van der Waals surface area contributed by atoms with E-state index >= 15 is 0 Å². The van der Waals surface area contributed by atoms with Crippen molar-refractivity contribution in [1.82, 2.24) is 14.9 Å². The monoisotopic (exact) mass is 225 g/mol. The summed E-state index contributed by atoms with van der Waals surface area (Å²) in [5.41, 5.74) is 0.369. The van der Waals surface area contributed by atoms with Crippen molar-refractivity contribution >= 4 is 17.5 Å². The highest BCUT2D eigenvalue weighted by Crippen LogP contribution is 2.18. The molecule has 2 heterocycles. The summed E-state index contributed by atoms with van der Waals surface area (Å²) in [7, 11) is 0. The van der Waals surface area contributed by atoms with Gasteiger partial charge in [0, 0.05) is 12.6 Å². The molecule has 80 valence electrons. The molecule has 0 N–H and O–H groups in total. The molecule has 1 saturated heterocycles. The maximum atomic E-state index is 11.9. The Balaban J connectivity index is 2.17. The van der Waals surface area contributed by atoms with E-state index in [0.29, 0.717) is 16.9 Å². The van der Waals surface area contributed by atoms with E-state index in [9.17, 15) is 4.79 Å². The molecule has 5 heteroatoms. The van der Waals surface area contributed by atoms with Crippen molar-refractivity contribution in [3.05, 3.63) is 23.2 Å². The number of nitrogens with zero attached hydrogens (tertiary/aromatic N) is 3. The minimum atomic E-state index is -0.0517. The molecule has 1 unspecified atom stereocenters. The number of hydrogen-bond donors (Lipinski definition) is 0. The summed E-state index contributed by atoms with van der Waals surface area (Å²) in [4.78, 5) is 21.6. The lowest BCUT2D eigenvalue weighted by Crippen LogP contribution is -2.34. The fraction of sp³-hybridized carbons (Fsp3) is 0.500. The van der Waals surface area contributed by atoms with Crippen LogP contribution in [0.1, 0.15) is 30.3 Å². The number of halogens is 1. The molecule has 0 spiro atoms. The van der Waals surface area contributed by atoms with E-state index in [4.69, 9.17) is 11.6 Å². The van der Waals surface area contributed by atoms with Crippen molar-refractivity contribution in [2.75, 3.05) is 6.54 Å². The highest BCUT2D eigenvalue weighted by Gasteiger charge is 2.26. The Labute approximate surface area is 93.3 Å². The largest absolute Gasteiger partial charge is 0.335 e. The molecule has 0 saturated carbocycles. The van der Waals surface area contributed by atoms with Crippen molar-refractivity contribution < 1.29 is 4.79 Å². The molecule has 1 aromatic heterocycles. The summed E-state index contributed by atoms with van der Waals surface area (Å²) in [5.74, 6) is -0.0517. The average Bonchev–Trinajstić information content (AvgIpc) is 2.65. The lowest BCUT2D eigenvalue weighted by atomic mass is 10.2. The normalized spacial score (nSPS) is 20.7. The van der Waals surface area contributed by atoms with Crippen LogP contribution < -0.4 is 0 Å². The third-order valence-corrected chi connectivity index (χ3v) is 2.85. The van der Waals surface area contributed by atoms with Crippen molar-refractivity contribution in [2.45, 2.75) is 25.8 Å². The third-order valence-electron chi connectivity index (χ3n) is 2.65. The molecular formula is C10H12ClN3O. The predicted octanol–water partition coefficient (Wildman–Crippen LogP) is 1.75. The van der Waals surface area contributed by atoms with Gasteiger partial charge in [0.25, 0.3) is 5.91 Å². The number of rotatable bonds is 1. The summed E-state index contributed by atoms with van der Waals surface area (Å²) in [5, 5.41) is 0.307. The molecule has 4 nitrogen and oxygen atoms in total. The summed E-state index contributed by atoms with van der Waals surface area (Å²) in [6, 6.07) is 0.301. The van der Waals surface area contributed by atoms with Gasteiger partial charge >= 0.3 is 0 Å². The molecule has 1 atom stereocenters. The molecule has 0 aromatic carbocycles. The fourth-order valence-corrected chi connectivity index (χ4v) is 1.90. The van der Waals surface area contributed by atoms with Gasteiger partial charge in [-0.2, -0.15) is 0 Å². The molecule has 15 heavy (non-hydrogen) atoms. The molecule has 1 aliphatic heterocycles. The Bertz CT molecular complexity index is 365. The van der Waals surface area contributed by atoms with Crippen LogP contribution in [0.2, 0.25) is 5.15 Å². The molecule has 1 amide bonds. The molecule has 1 aliphatic rings. The molecule has 1 aromatic rings. The number of likely N-dealkylation sites (tertiary alicyclic amines) is 1. The summed E-state index contributed by atoms with van der Waals surface area (Å²) in [6.07, 6.45) is 4.95. The summed E-state index contributed by atoms with van der Waals surface area (Å²) < 4.78 is 0. The van der Waals surface area contributed by atoms with E-state index in [0.717, 1.165) is 19.4 Å². The lowest BCUT2D eigenvalue weighted by molar-refractivity contribution is 0.0741. The Morgan fingerprint density at radius 3 is 2.87 bits per heavy atom. The zero-order chi connectivity index (χ0) is 10.8. The van der Waals surface area contributed by atoms with Crippen molar-refractivity contribution in [2.24, 2.45) is 0 Å². The van der Waals surface area contributed by atoms with Crippen molar-refractivity contribution in [3.8, 4) is 0 Å². The second-order valence-corrected chi connectivity index (χ2v) is 4.10. The predicted molar refractivity (Wildman–Crippen MR) is 56.8 cm³/mol. The van der Waals surface area contributed by atoms with Crippen LogP contribution in [0.25, 0.3) is 0 Å². The van der Waals surface area contributed by atoms with E-state index in [1.807, 2.05) is 11.8 Å². The second kappa shape index (κ2) is 4.14. The minimum Gasteiger partial charge on any atom is -0.335 e. The first-order valence-corrected chi connectivity index (χ1v) is 5.35. The number of carbonyl (C=O) groups is 1. The van der Waals surface area contributed by atoms with Gasteiger partial charge in [-0.05, 0) is 19.8 Å². The number of carbonyl (C=O) groups excluding carboxylic acids is 1. The van der Waals surface area contributed by atoms with E-state index in [1.165, 1.54) is 12.4 Å². The Kier molecular flexibility index (Phi) is 2.86. The maximum absolute atomic E-state index is 11.9. The van der Waals surface area contributed by atoms with Gasteiger partial charge in [0.15, 0.2) is 0 Å². The molecule has 0 radical (unpaired) electrons. The highest BCUT2D eigenvalue weighted by molar-refractivity contribution is 6.29. The third kappa shape index (κ3) is 2.09. The highest BCUT2D eigenvalue weighted by atomic mass is 35.5. The topological polar surface area (TPSA) is 46.1 Å². The maximum Gasteiger partial charge on any atom is 0.274 e. The van der Waals surface area contributed by atoms with Gasteiger partial charge in [-0.15, -0.1) is 0 Å². The van der Waals surface area contributed by atoms with Crippen molar-refractivity contribution in [1.29, 1.82) is 0 Å². The Hall–Kier alpha value is -1.16. The molecule has 1 fully saturated rings. The average molecular weight is 226 g/mol. The molecule has 0 aliphatic carbocycles. The van der Waals surface area contributed by atoms with Gasteiger partial charge in [-0.3, -0.25) is 4.79 Å². The second-order valence-electron chi connectivity index (χ2n) is 3.71. The van der Waals surface area contributed by atoms with Crippen LogP contribution in [0, 0.1) is 0 Å². The number of hydrogen-bond acceptors (Lipinski definition) is 3. The SMILES string of the molecule is CC1CCCN1C(=O)c1cnc(Cl)cn1. The van der Waals surface area contributed by atoms with Crippen LogP contribution in [0.4, 0.5) is 0 Å². The van der Waals surface area contributed by atoms with E-state index in [2.05, 4.69) is 9.97 Å². The van der Waals surface area contributed by atoms with Crippen LogP contribution >= 0.6 is 11.6 Å². The first-order chi connectivity index (χ1) is 7.18.